The monoisotopic (exact) mass is 504 g/mol. The molecule has 1 N–H and O–H groups in total. The summed E-state index contributed by atoms with van der Waals surface area (Å²) >= 11 is 1.38. The van der Waals surface area contributed by atoms with Crippen LogP contribution in [0.5, 0.6) is 5.75 Å². The standard InChI is InChI=1S/C26H22N3O4S2/c1-2-35(31,32)29-15-22(25(30)23-17-34-26(28-23)19-9-6-12-27-14-19)21-11-10-20(13-24(21)29)33-16-18-7-4-3-5-8-18/h3-15,17,30H,2,16H2,1H3/q-1. The van der Waals surface area contributed by atoms with E-state index in [9.17, 15) is 13.5 Å². The van der Waals surface area contributed by atoms with E-state index in [-0.39, 0.29) is 11.9 Å². The minimum Gasteiger partial charge on any atom is -0.523 e. The molecule has 3 aromatic heterocycles. The lowest BCUT2D eigenvalue weighted by Crippen LogP contribution is -2.42. The van der Waals surface area contributed by atoms with Crippen molar-refractivity contribution in [1.29, 1.82) is 0 Å². The maximum atomic E-state index is 12.9. The normalized spacial score (nSPS) is 11.6. The Balaban J connectivity index is 1.52. The van der Waals surface area contributed by atoms with Crippen LogP contribution >= 0.6 is 11.3 Å². The van der Waals surface area contributed by atoms with E-state index >= 15 is 0 Å². The van der Waals surface area contributed by atoms with Crippen molar-refractivity contribution >= 4 is 32.3 Å². The molecule has 7 nitrogen and oxygen atoms in total. The van der Waals surface area contributed by atoms with E-state index in [1.54, 1.807) is 42.9 Å². The van der Waals surface area contributed by atoms with Crippen LogP contribution in [-0.2, 0) is 16.6 Å². The fraction of sp³-hybridized carbons (Fsp3) is 0.115. The Morgan fingerprint density at radius 3 is 2.71 bits per heavy atom. The number of aliphatic hydroxyl groups is 1. The number of aliphatic hydroxyl groups excluding tert-OH is 1. The van der Waals surface area contributed by atoms with Crippen LogP contribution in [0, 0.1) is 6.10 Å². The molecular formula is C26H22N3O4S2-. The summed E-state index contributed by atoms with van der Waals surface area (Å²) in [5, 5.41) is 14.2. The second-order valence-corrected chi connectivity index (χ2v) is 10.8. The van der Waals surface area contributed by atoms with Gasteiger partial charge in [-0.25, -0.2) is 0 Å². The highest BCUT2D eigenvalue weighted by atomic mass is 32.2. The summed E-state index contributed by atoms with van der Waals surface area (Å²) < 4.78 is 32.9. The SMILES string of the molecule is CCS(=O)(=O)[n+]1cc([C-](O)c2c[s+][c-](-c3cccnc3)n2)c2ccc(OCc3ccccc3)c[c-]21. The number of benzene rings is 2. The van der Waals surface area contributed by atoms with E-state index in [0.29, 0.717) is 39.5 Å². The number of aromatic nitrogens is 3. The van der Waals surface area contributed by atoms with Crippen molar-refractivity contribution in [3.63, 3.8) is 0 Å². The molecule has 0 fully saturated rings. The summed E-state index contributed by atoms with van der Waals surface area (Å²) in [5.74, 6) is 0.444. The van der Waals surface area contributed by atoms with E-state index in [1.165, 1.54) is 21.5 Å². The van der Waals surface area contributed by atoms with E-state index in [0.717, 1.165) is 11.1 Å². The van der Waals surface area contributed by atoms with Crippen LogP contribution in [0.25, 0.3) is 21.5 Å². The number of rotatable bonds is 8. The van der Waals surface area contributed by atoms with Crippen LogP contribution in [0.3, 0.4) is 0 Å². The lowest BCUT2D eigenvalue weighted by molar-refractivity contribution is -0.478. The van der Waals surface area contributed by atoms with Crippen molar-refractivity contribution in [2.75, 3.05) is 5.75 Å². The third kappa shape index (κ3) is 4.66. The van der Waals surface area contributed by atoms with Gasteiger partial charge in [-0.05, 0) is 36.4 Å². The van der Waals surface area contributed by atoms with Gasteiger partial charge in [0.1, 0.15) is 23.3 Å². The van der Waals surface area contributed by atoms with E-state index in [1.807, 2.05) is 42.5 Å². The molecule has 35 heavy (non-hydrogen) atoms. The molecule has 0 aliphatic rings. The van der Waals surface area contributed by atoms with E-state index < -0.39 is 10.0 Å². The first-order valence-corrected chi connectivity index (χ1v) is 13.4. The summed E-state index contributed by atoms with van der Waals surface area (Å²) in [4.78, 5) is 8.66. The lowest BCUT2D eigenvalue weighted by Gasteiger charge is -2.16. The topological polar surface area (TPSA) is 93.3 Å². The van der Waals surface area contributed by atoms with Crippen LogP contribution in [0.1, 0.15) is 23.7 Å². The Bertz CT molecular complexity index is 1560. The molecule has 0 spiro atoms. The molecule has 0 saturated carbocycles. The third-order valence-corrected chi connectivity index (χ3v) is 8.09. The zero-order chi connectivity index (χ0) is 24.4. The molecule has 2 aromatic carbocycles. The first-order chi connectivity index (χ1) is 17.0. The summed E-state index contributed by atoms with van der Waals surface area (Å²) in [6, 6.07) is 18.7. The van der Waals surface area contributed by atoms with Gasteiger partial charge in [0, 0.05) is 11.9 Å². The molecule has 0 aliphatic heterocycles. The maximum Gasteiger partial charge on any atom is 0.355 e. The first kappa shape index (κ1) is 23.1. The Kier molecular flexibility index (Phi) is 6.29. The van der Waals surface area contributed by atoms with Crippen LogP contribution in [0.15, 0.2) is 84.6 Å². The molecule has 0 saturated heterocycles. The molecular weight excluding hydrogens is 482 g/mol. The molecule has 0 atom stereocenters. The van der Waals surface area contributed by atoms with Crippen molar-refractivity contribution < 1.29 is 22.2 Å². The number of nitrogens with zero attached hydrogens (tertiary/aromatic N) is 3. The predicted molar refractivity (Wildman–Crippen MR) is 134 cm³/mol. The fourth-order valence-electron chi connectivity index (χ4n) is 3.71. The summed E-state index contributed by atoms with van der Waals surface area (Å²) in [6.07, 6.45) is 4.74. The Morgan fingerprint density at radius 2 is 1.97 bits per heavy atom. The van der Waals surface area contributed by atoms with Gasteiger partial charge < -0.3 is 14.8 Å². The lowest BCUT2D eigenvalue weighted by atomic mass is 10.1. The third-order valence-electron chi connectivity index (χ3n) is 5.57. The molecule has 0 bridgehead atoms. The smallest absolute Gasteiger partial charge is 0.355 e. The minimum absolute atomic E-state index is 0.0893. The zero-order valence-corrected chi connectivity index (χ0v) is 20.5. The van der Waals surface area contributed by atoms with E-state index in [4.69, 9.17) is 4.74 Å². The molecule has 3 heterocycles. The van der Waals surface area contributed by atoms with Crippen molar-refractivity contribution in [1.82, 2.24) is 9.97 Å². The number of thiazole rings is 1. The highest BCUT2D eigenvalue weighted by Gasteiger charge is 2.23. The predicted octanol–water partition coefficient (Wildman–Crippen LogP) is 4.44. The molecule has 0 aliphatic carbocycles. The number of hydrogen-bond acceptors (Lipinski definition) is 6. The van der Waals surface area contributed by atoms with Gasteiger partial charge in [0.25, 0.3) is 0 Å². The molecule has 5 rings (SSSR count). The second kappa shape index (κ2) is 9.53. The quantitative estimate of drug-likeness (QED) is 0.191. The van der Waals surface area contributed by atoms with E-state index in [2.05, 4.69) is 9.97 Å². The van der Waals surface area contributed by atoms with Gasteiger partial charge in [-0.3, -0.25) is 4.98 Å². The number of pyridine rings is 1. The highest BCUT2D eigenvalue weighted by Crippen LogP contribution is 2.32. The van der Waals surface area contributed by atoms with Crippen LogP contribution in [-0.4, -0.2) is 29.2 Å². The minimum atomic E-state index is -3.63. The average Bonchev–Trinajstić information content (AvgIpc) is 3.54. The zero-order valence-electron chi connectivity index (χ0n) is 18.8. The molecule has 178 valence electrons. The van der Waals surface area contributed by atoms with Crippen molar-refractivity contribution in [3.05, 3.63) is 108 Å². The van der Waals surface area contributed by atoms with Crippen molar-refractivity contribution in [2.45, 2.75) is 13.5 Å². The molecule has 9 heteroatoms. The second-order valence-electron chi connectivity index (χ2n) is 7.82. The summed E-state index contributed by atoms with van der Waals surface area (Å²) in [5.41, 5.74) is 3.03. The number of hydrogen-bond donors (Lipinski definition) is 1. The van der Waals surface area contributed by atoms with Crippen LogP contribution in [0.4, 0.5) is 0 Å². The van der Waals surface area contributed by atoms with Gasteiger partial charge in [-0.1, -0.05) is 42.5 Å². The van der Waals surface area contributed by atoms with Gasteiger partial charge in [0.2, 0.25) is 5.01 Å². The Morgan fingerprint density at radius 1 is 1.14 bits per heavy atom. The van der Waals surface area contributed by atoms with Crippen LogP contribution in [0.2, 0.25) is 0 Å². The summed E-state index contributed by atoms with van der Waals surface area (Å²) in [7, 11) is -3.63. The average molecular weight is 505 g/mol. The van der Waals surface area contributed by atoms with Crippen molar-refractivity contribution in [2.24, 2.45) is 0 Å². The van der Waals surface area contributed by atoms with Gasteiger partial charge in [0.05, 0.1) is 11.9 Å². The fourth-order valence-corrected chi connectivity index (χ4v) is 5.50. The molecule has 0 radical (unpaired) electrons. The number of fused-ring (bicyclic) bond motifs is 1. The van der Waals surface area contributed by atoms with Gasteiger partial charge in [0.15, 0.2) is 11.3 Å². The Labute approximate surface area is 207 Å². The van der Waals surface area contributed by atoms with Crippen LogP contribution < -0.4 is 8.71 Å². The van der Waals surface area contributed by atoms with Crippen molar-refractivity contribution in [3.8, 4) is 16.3 Å². The van der Waals surface area contributed by atoms with Gasteiger partial charge in [-0.15, -0.1) is 17.0 Å². The first-order valence-electron chi connectivity index (χ1n) is 10.9. The van der Waals surface area contributed by atoms with Gasteiger partial charge in [-0.2, -0.15) is 18.5 Å². The Hall–Kier alpha value is -3.66. The number of ether oxygens (including phenoxy) is 1. The molecule has 0 amide bonds. The maximum absolute atomic E-state index is 12.9. The molecule has 0 unspecified atom stereocenters. The molecule has 5 aromatic rings. The summed E-state index contributed by atoms with van der Waals surface area (Å²) in [6.45, 7) is 1.94. The van der Waals surface area contributed by atoms with Gasteiger partial charge >= 0.3 is 10.0 Å². The highest BCUT2D eigenvalue weighted by molar-refractivity contribution is 7.84. The largest absolute Gasteiger partial charge is 0.523 e.